The standard InChI is InChI=1S/C23H24N4.C5H10/c1-14-10-19(11-15(2)25-14)23-16(3)20-8-6-17(12-21(20)26-23)18-7-9-22(24-13-18)27(4)5;1-2-4-5-3-1/h6-13,26H,1-5H3;1-5H2. The van der Waals surface area contributed by atoms with Gasteiger partial charge in [0.25, 0.3) is 0 Å². The predicted molar refractivity (Wildman–Crippen MR) is 136 cm³/mol. The molecule has 0 unspecified atom stereocenters. The molecular weight excluding hydrogens is 392 g/mol. The molecule has 1 saturated carbocycles. The number of aromatic amines is 1. The molecule has 1 fully saturated rings. The molecule has 1 aliphatic carbocycles. The average Bonchev–Trinajstić information content (AvgIpc) is 3.45. The molecule has 0 spiro atoms. The van der Waals surface area contributed by atoms with Crippen molar-refractivity contribution in [3.8, 4) is 22.4 Å². The highest BCUT2D eigenvalue weighted by Gasteiger charge is 2.12. The van der Waals surface area contributed by atoms with E-state index in [0.717, 1.165) is 39.5 Å². The summed E-state index contributed by atoms with van der Waals surface area (Å²) in [6.07, 6.45) is 9.43. The summed E-state index contributed by atoms with van der Waals surface area (Å²) in [6.45, 7) is 6.25. The number of nitrogens with zero attached hydrogens (tertiary/aromatic N) is 3. The van der Waals surface area contributed by atoms with E-state index in [1.54, 1.807) is 0 Å². The van der Waals surface area contributed by atoms with Gasteiger partial charge in [0.05, 0.1) is 0 Å². The van der Waals surface area contributed by atoms with Crippen molar-refractivity contribution in [3.05, 3.63) is 65.6 Å². The van der Waals surface area contributed by atoms with Crippen molar-refractivity contribution in [2.75, 3.05) is 19.0 Å². The van der Waals surface area contributed by atoms with Gasteiger partial charge in [-0.15, -0.1) is 0 Å². The number of hydrogen-bond acceptors (Lipinski definition) is 3. The Kier molecular flexibility index (Phi) is 6.59. The molecule has 5 rings (SSSR count). The third-order valence-electron chi connectivity index (χ3n) is 6.22. The molecule has 32 heavy (non-hydrogen) atoms. The van der Waals surface area contributed by atoms with Crippen molar-refractivity contribution in [2.45, 2.75) is 52.9 Å². The molecular formula is C28H34N4. The van der Waals surface area contributed by atoms with Gasteiger partial charge >= 0.3 is 0 Å². The molecule has 1 aliphatic rings. The van der Waals surface area contributed by atoms with Crippen LogP contribution in [0.25, 0.3) is 33.3 Å². The minimum absolute atomic E-state index is 0.959. The van der Waals surface area contributed by atoms with Crippen LogP contribution in [0.4, 0.5) is 5.82 Å². The normalized spacial score (nSPS) is 13.2. The minimum atomic E-state index is 0.959. The number of pyridine rings is 2. The molecule has 1 aromatic carbocycles. The van der Waals surface area contributed by atoms with Crippen LogP contribution in [0.2, 0.25) is 0 Å². The van der Waals surface area contributed by atoms with E-state index in [0.29, 0.717) is 0 Å². The van der Waals surface area contributed by atoms with Gasteiger partial charge in [-0.3, -0.25) is 4.98 Å². The van der Waals surface area contributed by atoms with Gasteiger partial charge in [0.2, 0.25) is 0 Å². The highest BCUT2D eigenvalue weighted by atomic mass is 15.1. The maximum Gasteiger partial charge on any atom is 0.127 e. The van der Waals surface area contributed by atoms with Crippen molar-refractivity contribution in [2.24, 2.45) is 0 Å². The van der Waals surface area contributed by atoms with Crippen molar-refractivity contribution < 1.29 is 0 Å². The Morgan fingerprint density at radius 1 is 0.750 bits per heavy atom. The summed E-state index contributed by atoms with van der Waals surface area (Å²) in [6, 6.07) is 15.0. The molecule has 3 aromatic heterocycles. The number of aromatic nitrogens is 3. The largest absolute Gasteiger partial charge is 0.363 e. The Morgan fingerprint density at radius 3 is 1.94 bits per heavy atom. The van der Waals surface area contributed by atoms with Crippen LogP contribution in [0.1, 0.15) is 49.1 Å². The zero-order valence-corrected chi connectivity index (χ0v) is 20.0. The smallest absolute Gasteiger partial charge is 0.127 e. The number of fused-ring (bicyclic) bond motifs is 1. The van der Waals surface area contributed by atoms with Gasteiger partial charge in [-0.05, 0) is 62.2 Å². The SMILES string of the molecule is C1CCCC1.Cc1cc(-c2[nH]c3cc(-c4ccc(N(C)C)nc4)ccc3c2C)cc(C)n1. The lowest BCUT2D eigenvalue weighted by molar-refractivity contribution is 0.886. The molecule has 0 radical (unpaired) electrons. The van der Waals surface area contributed by atoms with Crippen molar-refractivity contribution in [3.63, 3.8) is 0 Å². The first-order chi connectivity index (χ1) is 15.4. The Hall–Kier alpha value is -3.14. The Labute approximate surface area is 191 Å². The van der Waals surface area contributed by atoms with E-state index in [4.69, 9.17) is 0 Å². The average molecular weight is 427 g/mol. The van der Waals surface area contributed by atoms with Gasteiger partial charge in [0.15, 0.2) is 0 Å². The highest BCUT2D eigenvalue weighted by molar-refractivity contribution is 5.93. The number of anilines is 1. The van der Waals surface area contributed by atoms with E-state index in [2.05, 4.69) is 58.3 Å². The molecule has 4 nitrogen and oxygen atoms in total. The maximum atomic E-state index is 4.53. The predicted octanol–water partition coefficient (Wildman–Crippen LogP) is 7.23. The zero-order valence-electron chi connectivity index (χ0n) is 20.0. The summed E-state index contributed by atoms with van der Waals surface area (Å²) >= 11 is 0. The topological polar surface area (TPSA) is 44.8 Å². The van der Waals surface area contributed by atoms with E-state index >= 15 is 0 Å². The first-order valence-corrected chi connectivity index (χ1v) is 11.6. The Balaban J connectivity index is 0.000000433. The van der Waals surface area contributed by atoms with Crippen LogP contribution < -0.4 is 4.90 Å². The summed E-state index contributed by atoms with van der Waals surface area (Å²) in [4.78, 5) is 14.6. The molecule has 1 N–H and O–H groups in total. The number of aryl methyl sites for hydroxylation is 3. The summed E-state index contributed by atoms with van der Waals surface area (Å²) in [5.41, 5.74) is 9.12. The second-order valence-corrected chi connectivity index (χ2v) is 9.09. The van der Waals surface area contributed by atoms with Crippen LogP contribution in [-0.4, -0.2) is 29.0 Å². The number of hydrogen-bond donors (Lipinski definition) is 1. The van der Waals surface area contributed by atoms with Gasteiger partial charge < -0.3 is 9.88 Å². The Bertz CT molecular complexity index is 1170. The van der Waals surface area contributed by atoms with Crippen LogP contribution in [0.3, 0.4) is 0 Å². The van der Waals surface area contributed by atoms with Crippen LogP contribution in [0.15, 0.2) is 48.7 Å². The monoisotopic (exact) mass is 426 g/mol. The van der Waals surface area contributed by atoms with Gasteiger partial charge in [0.1, 0.15) is 5.82 Å². The molecule has 0 amide bonds. The van der Waals surface area contributed by atoms with Gasteiger partial charge in [-0.1, -0.05) is 44.2 Å². The third-order valence-corrected chi connectivity index (χ3v) is 6.22. The van der Waals surface area contributed by atoms with E-state index in [1.807, 2.05) is 45.1 Å². The van der Waals surface area contributed by atoms with Crippen LogP contribution in [0, 0.1) is 20.8 Å². The molecule has 4 aromatic rings. The summed E-state index contributed by atoms with van der Waals surface area (Å²) in [7, 11) is 4.00. The number of rotatable bonds is 3. The third kappa shape index (κ3) is 4.85. The summed E-state index contributed by atoms with van der Waals surface area (Å²) < 4.78 is 0. The number of benzene rings is 1. The first kappa shape index (κ1) is 22.1. The lowest BCUT2D eigenvalue weighted by atomic mass is 10.0. The fourth-order valence-corrected chi connectivity index (χ4v) is 4.49. The molecule has 0 saturated heterocycles. The van der Waals surface area contributed by atoms with Gasteiger partial charge in [-0.25, -0.2) is 4.98 Å². The van der Waals surface area contributed by atoms with E-state index in [9.17, 15) is 0 Å². The minimum Gasteiger partial charge on any atom is -0.363 e. The Morgan fingerprint density at radius 2 is 1.38 bits per heavy atom. The van der Waals surface area contributed by atoms with Crippen LogP contribution in [0.5, 0.6) is 0 Å². The molecule has 0 aliphatic heterocycles. The highest BCUT2D eigenvalue weighted by Crippen LogP contribution is 2.33. The number of H-pyrrole nitrogens is 1. The second-order valence-electron chi connectivity index (χ2n) is 9.09. The number of nitrogens with one attached hydrogen (secondary N) is 1. The fourth-order valence-electron chi connectivity index (χ4n) is 4.49. The summed E-state index contributed by atoms with van der Waals surface area (Å²) in [5, 5.41) is 1.25. The van der Waals surface area contributed by atoms with Gasteiger partial charge in [0, 0.05) is 59.4 Å². The van der Waals surface area contributed by atoms with Crippen LogP contribution in [-0.2, 0) is 0 Å². The molecule has 3 heterocycles. The van der Waals surface area contributed by atoms with Crippen molar-refractivity contribution >= 4 is 16.7 Å². The van der Waals surface area contributed by atoms with Gasteiger partial charge in [-0.2, -0.15) is 0 Å². The molecule has 166 valence electrons. The maximum absolute atomic E-state index is 4.53. The first-order valence-electron chi connectivity index (χ1n) is 11.6. The molecule has 4 heteroatoms. The van der Waals surface area contributed by atoms with Crippen molar-refractivity contribution in [1.29, 1.82) is 0 Å². The lowest BCUT2D eigenvalue weighted by Gasteiger charge is -2.11. The zero-order chi connectivity index (χ0) is 22.7. The van der Waals surface area contributed by atoms with E-state index in [1.165, 1.54) is 48.6 Å². The fraction of sp³-hybridized carbons (Fsp3) is 0.357. The molecule has 0 atom stereocenters. The lowest BCUT2D eigenvalue weighted by Crippen LogP contribution is -2.09. The quantitative estimate of drug-likeness (QED) is 0.376. The second kappa shape index (κ2) is 9.56. The molecule has 0 bridgehead atoms. The van der Waals surface area contributed by atoms with Crippen molar-refractivity contribution in [1.82, 2.24) is 15.0 Å². The summed E-state index contributed by atoms with van der Waals surface area (Å²) in [5.74, 6) is 0.959. The van der Waals surface area contributed by atoms with E-state index < -0.39 is 0 Å². The van der Waals surface area contributed by atoms with Crippen LogP contribution >= 0.6 is 0 Å². The van der Waals surface area contributed by atoms with E-state index in [-0.39, 0.29) is 0 Å².